The lowest BCUT2D eigenvalue weighted by Crippen LogP contribution is -1.99. The summed E-state index contributed by atoms with van der Waals surface area (Å²) >= 11 is 0. The highest BCUT2D eigenvalue weighted by atomic mass is 16.5. The molecule has 0 spiro atoms. The van der Waals surface area contributed by atoms with Crippen molar-refractivity contribution in [2.75, 3.05) is 0 Å². The molecule has 0 amide bonds. The van der Waals surface area contributed by atoms with E-state index in [9.17, 15) is 4.79 Å². The highest BCUT2D eigenvalue weighted by molar-refractivity contribution is 5.81. The molecule has 0 radical (unpaired) electrons. The predicted molar refractivity (Wildman–Crippen MR) is 117 cm³/mol. The van der Waals surface area contributed by atoms with Gasteiger partial charge in [0.2, 0.25) is 11.8 Å². The Bertz CT molecular complexity index is 1100. The highest BCUT2D eigenvalue weighted by Crippen LogP contribution is 2.29. The van der Waals surface area contributed by atoms with Crippen molar-refractivity contribution in [3.05, 3.63) is 78.2 Å². The monoisotopic (exact) mass is 414 g/mol. The van der Waals surface area contributed by atoms with Crippen LogP contribution in [-0.2, 0) is 6.42 Å². The van der Waals surface area contributed by atoms with Crippen molar-refractivity contribution < 1.29 is 14.3 Å². The average molecular weight is 414 g/mol. The van der Waals surface area contributed by atoms with Crippen molar-refractivity contribution in [1.82, 2.24) is 19.9 Å². The Kier molecular flexibility index (Phi) is 6.03. The van der Waals surface area contributed by atoms with Crippen LogP contribution in [0.3, 0.4) is 0 Å². The molecule has 0 aliphatic rings. The second kappa shape index (κ2) is 9.21. The van der Waals surface area contributed by atoms with Gasteiger partial charge in [0.25, 0.3) is 0 Å². The van der Waals surface area contributed by atoms with Crippen molar-refractivity contribution in [3.63, 3.8) is 0 Å². The molecule has 4 aromatic rings. The molecule has 1 N–H and O–H groups in total. The molecule has 0 saturated carbocycles. The Hall–Kier alpha value is -4.00. The van der Waals surface area contributed by atoms with Crippen LogP contribution in [0.4, 0.5) is 0 Å². The number of ether oxygens (including phenoxy) is 2. The van der Waals surface area contributed by atoms with Crippen LogP contribution in [0, 0.1) is 5.92 Å². The number of aldehydes is 1. The van der Waals surface area contributed by atoms with Gasteiger partial charge in [-0.25, -0.2) is 4.98 Å². The first-order valence-corrected chi connectivity index (χ1v) is 10.00. The van der Waals surface area contributed by atoms with Crippen LogP contribution in [-0.4, -0.2) is 26.2 Å². The molecule has 31 heavy (non-hydrogen) atoms. The smallest absolute Gasteiger partial charge is 0.226 e. The number of aromatic nitrogens is 4. The average Bonchev–Trinajstić information content (AvgIpc) is 3.17. The van der Waals surface area contributed by atoms with E-state index >= 15 is 0 Å². The van der Waals surface area contributed by atoms with Crippen molar-refractivity contribution in [2.24, 2.45) is 5.92 Å². The second-order valence-corrected chi connectivity index (χ2v) is 7.36. The van der Waals surface area contributed by atoms with Crippen LogP contribution in [0.5, 0.6) is 23.3 Å². The number of imidazole rings is 1. The van der Waals surface area contributed by atoms with Gasteiger partial charge in [-0.05, 0) is 30.2 Å². The SMILES string of the molecule is CC(C)Cc1nc(-c2nc(Oc3ccccc3)cc(Oc3ccccc3)n2)c(C=O)[nH]1. The number of carbonyl (C=O) groups excluding carboxylic acids is 1. The van der Waals surface area contributed by atoms with E-state index in [2.05, 4.69) is 33.8 Å². The first kappa shape index (κ1) is 20.3. The summed E-state index contributed by atoms with van der Waals surface area (Å²) in [7, 11) is 0. The number of carbonyl (C=O) groups is 1. The summed E-state index contributed by atoms with van der Waals surface area (Å²) in [6.07, 6.45) is 1.42. The third-order valence-corrected chi connectivity index (χ3v) is 4.32. The minimum Gasteiger partial charge on any atom is -0.439 e. The zero-order valence-electron chi connectivity index (χ0n) is 17.3. The summed E-state index contributed by atoms with van der Waals surface area (Å²) in [4.78, 5) is 28.3. The van der Waals surface area contributed by atoms with E-state index in [0.29, 0.717) is 41.1 Å². The lowest BCUT2D eigenvalue weighted by atomic mass is 10.1. The molecule has 0 fully saturated rings. The van der Waals surface area contributed by atoms with E-state index in [4.69, 9.17) is 9.47 Å². The molecule has 0 aliphatic carbocycles. The standard InChI is InChI=1S/C24H22N4O3/c1-16(2)13-20-25-19(15-29)23(26-20)24-27-21(30-17-9-5-3-6-10-17)14-22(28-24)31-18-11-7-4-8-12-18/h3-12,14-16H,13H2,1-2H3,(H,25,26). The maximum atomic E-state index is 11.7. The first-order valence-electron chi connectivity index (χ1n) is 10.00. The Labute approximate surface area is 180 Å². The fourth-order valence-electron chi connectivity index (χ4n) is 3.01. The zero-order valence-corrected chi connectivity index (χ0v) is 17.3. The van der Waals surface area contributed by atoms with Crippen LogP contribution >= 0.6 is 0 Å². The summed E-state index contributed by atoms with van der Waals surface area (Å²) < 4.78 is 11.8. The summed E-state index contributed by atoms with van der Waals surface area (Å²) in [5.74, 6) is 3.14. The minimum atomic E-state index is 0.243. The lowest BCUT2D eigenvalue weighted by molar-refractivity contribution is 0.112. The number of hydrogen-bond acceptors (Lipinski definition) is 6. The number of benzene rings is 2. The quantitative estimate of drug-likeness (QED) is 0.385. The molecular weight excluding hydrogens is 392 g/mol. The Balaban J connectivity index is 1.75. The molecule has 2 aromatic carbocycles. The van der Waals surface area contributed by atoms with Gasteiger partial charge < -0.3 is 14.5 Å². The maximum Gasteiger partial charge on any atom is 0.226 e. The first-order chi connectivity index (χ1) is 15.1. The Morgan fingerprint density at radius 3 is 1.90 bits per heavy atom. The number of nitrogens with one attached hydrogen (secondary N) is 1. The van der Waals surface area contributed by atoms with Crippen molar-refractivity contribution in [2.45, 2.75) is 20.3 Å². The zero-order chi connectivity index (χ0) is 21.6. The normalized spacial score (nSPS) is 10.8. The molecule has 4 rings (SSSR count). The van der Waals surface area contributed by atoms with E-state index in [0.717, 1.165) is 6.29 Å². The summed E-state index contributed by atoms with van der Waals surface area (Å²) in [5, 5.41) is 0. The number of H-pyrrole nitrogens is 1. The Morgan fingerprint density at radius 2 is 1.42 bits per heavy atom. The number of para-hydroxylation sites is 2. The van der Waals surface area contributed by atoms with Gasteiger partial charge in [-0.2, -0.15) is 9.97 Å². The third kappa shape index (κ3) is 5.14. The number of nitrogens with zero attached hydrogens (tertiary/aromatic N) is 3. The van der Waals surface area contributed by atoms with E-state index in [-0.39, 0.29) is 17.6 Å². The fourth-order valence-corrected chi connectivity index (χ4v) is 3.01. The number of hydrogen-bond donors (Lipinski definition) is 1. The van der Waals surface area contributed by atoms with E-state index in [1.54, 1.807) is 6.07 Å². The van der Waals surface area contributed by atoms with Crippen LogP contribution in [0.25, 0.3) is 11.5 Å². The van der Waals surface area contributed by atoms with Crippen molar-refractivity contribution in [1.29, 1.82) is 0 Å². The molecule has 7 heteroatoms. The minimum absolute atomic E-state index is 0.243. The summed E-state index contributed by atoms with van der Waals surface area (Å²) in [5.41, 5.74) is 0.681. The predicted octanol–water partition coefficient (Wildman–Crippen LogP) is 5.46. The molecule has 0 aliphatic heterocycles. The molecule has 0 saturated heterocycles. The molecule has 2 aromatic heterocycles. The van der Waals surface area contributed by atoms with Gasteiger partial charge in [0, 0.05) is 6.42 Å². The van der Waals surface area contributed by atoms with Gasteiger partial charge in [-0.3, -0.25) is 4.79 Å². The molecule has 2 heterocycles. The van der Waals surface area contributed by atoms with Crippen molar-refractivity contribution in [3.8, 4) is 34.8 Å². The molecule has 156 valence electrons. The number of rotatable bonds is 8. The van der Waals surface area contributed by atoms with Gasteiger partial charge >= 0.3 is 0 Å². The maximum absolute atomic E-state index is 11.7. The topological polar surface area (TPSA) is 90.0 Å². The van der Waals surface area contributed by atoms with Crippen molar-refractivity contribution >= 4 is 6.29 Å². The third-order valence-electron chi connectivity index (χ3n) is 4.32. The van der Waals surface area contributed by atoms with Crippen LogP contribution in [0.15, 0.2) is 66.7 Å². The van der Waals surface area contributed by atoms with E-state index < -0.39 is 0 Å². The molecule has 0 unspecified atom stereocenters. The van der Waals surface area contributed by atoms with Gasteiger partial charge in [0.15, 0.2) is 12.1 Å². The van der Waals surface area contributed by atoms with Crippen LogP contribution in [0.2, 0.25) is 0 Å². The molecular formula is C24H22N4O3. The highest BCUT2D eigenvalue weighted by Gasteiger charge is 2.18. The van der Waals surface area contributed by atoms with E-state index in [1.165, 1.54) is 0 Å². The summed E-state index contributed by atoms with van der Waals surface area (Å²) in [6, 6.07) is 20.2. The number of aromatic amines is 1. The Morgan fingerprint density at radius 1 is 0.871 bits per heavy atom. The largest absolute Gasteiger partial charge is 0.439 e. The van der Waals surface area contributed by atoms with E-state index in [1.807, 2.05) is 60.7 Å². The van der Waals surface area contributed by atoms with Crippen LogP contribution < -0.4 is 9.47 Å². The molecule has 7 nitrogen and oxygen atoms in total. The fraction of sp³-hybridized carbons (Fsp3) is 0.167. The second-order valence-electron chi connectivity index (χ2n) is 7.36. The van der Waals surface area contributed by atoms with Gasteiger partial charge in [0.1, 0.15) is 28.7 Å². The summed E-state index contributed by atoms with van der Waals surface area (Å²) in [6.45, 7) is 4.17. The van der Waals surface area contributed by atoms with Crippen LogP contribution in [0.1, 0.15) is 30.2 Å². The van der Waals surface area contributed by atoms with Gasteiger partial charge in [-0.15, -0.1) is 0 Å². The van der Waals surface area contributed by atoms with Gasteiger partial charge in [0.05, 0.1) is 6.07 Å². The molecule has 0 bridgehead atoms. The molecule has 0 atom stereocenters. The van der Waals surface area contributed by atoms with Gasteiger partial charge in [-0.1, -0.05) is 50.2 Å². The lowest BCUT2D eigenvalue weighted by Gasteiger charge is -2.10.